The Morgan fingerprint density at radius 1 is 1.56 bits per heavy atom. The summed E-state index contributed by atoms with van der Waals surface area (Å²) in [4.78, 5) is 11.8. The summed E-state index contributed by atoms with van der Waals surface area (Å²) >= 11 is 0. The summed E-state index contributed by atoms with van der Waals surface area (Å²) in [5.41, 5.74) is 7.38. The van der Waals surface area contributed by atoms with Crippen LogP contribution in [0.4, 0.5) is 10.1 Å². The number of halogens is 1. The Morgan fingerprint density at radius 3 is 2.94 bits per heavy atom. The lowest BCUT2D eigenvalue weighted by Crippen LogP contribution is -2.23. The zero-order chi connectivity index (χ0) is 13.1. The molecule has 1 heterocycles. The molecule has 0 saturated carbocycles. The molecule has 1 aromatic heterocycles. The number of aryl methyl sites for hydroxylation is 1. The molecule has 0 aliphatic rings. The smallest absolute Gasteiger partial charge is 0.251 e. The molecule has 0 unspecified atom stereocenters. The van der Waals surface area contributed by atoms with Crippen LogP contribution in [0.1, 0.15) is 21.6 Å². The Hall–Kier alpha value is -2.37. The van der Waals surface area contributed by atoms with E-state index in [4.69, 9.17) is 5.73 Å². The van der Waals surface area contributed by atoms with Crippen LogP contribution < -0.4 is 11.1 Å². The number of rotatable bonds is 3. The molecule has 2 rings (SSSR count). The number of nitrogens with zero attached hydrogens (tertiary/aromatic N) is 1. The molecule has 18 heavy (non-hydrogen) atoms. The van der Waals surface area contributed by atoms with Crippen LogP contribution in [0.5, 0.6) is 0 Å². The Morgan fingerprint density at radius 2 is 2.33 bits per heavy atom. The molecule has 0 saturated heterocycles. The summed E-state index contributed by atoms with van der Waals surface area (Å²) in [6, 6.07) is 3.97. The zero-order valence-electron chi connectivity index (χ0n) is 9.83. The van der Waals surface area contributed by atoms with Crippen molar-refractivity contribution in [3.8, 4) is 0 Å². The highest BCUT2D eigenvalue weighted by Crippen LogP contribution is 2.12. The Kier molecular flexibility index (Phi) is 3.27. The van der Waals surface area contributed by atoms with E-state index in [1.54, 1.807) is 6.20 Å². The van der Waals surface area contributed by atoms with Crippen molar-refractivity contribution in [2.24, 2.45) is 0 Å². The topological polar surface area (TPSA) is 83.8 Å². The number of nitrogen functional groups attached to an aromatic ring is 1. The Bertz CT molecular complexity index is 579. The van der Waals surface area contributed by atoms with Gasteiger partial charge in [-0.05, 0) is 25.1 Å². The molecule has 5 nitrogen and oxygen atoms in total. The first-order valence-electron chi connectivity index (χ1n) is 5.40. The fourth-order valence-electron chi connectivity index (χ4n) is 1.50. The van der Waals surface area contributed by atoms with Gasteiger partial charge in [-0.2, -0.15) is 5.10 Å². The number of aromatic amines is 1. The van der Waals surface area contributed by atoms with E-state index in [-0.39, 0.29) is 17.2 Å². The summed E-state index contributed by atoms with van der Waals surface area (Å²) in [6.45, 7) is 2.20. The van der Waals surface area contributed by atoms with E-state index in [9.17, 15) is 9.18 Å². The van der Waals surface area contributed by atoms with Gasteiger partial charge < -0.3 is 11.1 Å². The van der Waals surface area contributed by atoms with Crippen LogP contribution in [-0.2, 0) is 6.54 Å². The lowest BCUT2D eigenvalue weighted by Gasteiger charge is -2.05. The molecule has 0 spiro atoms. The number of hydrogen-bond acceptors (Lipinski definition) is 3. The lowest BCUT2D eigenvalue weighted by molar-refractivity contribution is 0.0950. The average Bonchev–Trinajstić information content (AvgIpc) is 2.75. The van der Waals surface area contributed by atoms with Gasteiger partial charge in [0.15, 0.2) is 0 Å². The molecule has 0 fully saturated rings. The Labute approximate surface area is 103 Å². The molecule has 0 bridgehead atoms. The molecule has 1 amide bonds. The summed E-state index contributed by atoms with van der Waals surface area (Å²) in [6.07, 6.45) is 1.64. The predicted octanol–water partition coefficient (Wildman–Crippen LogP) is 1.37. The summed E-state index contributed by atoms with van der Waals surface area (Å²) in [5.74, 6) is -0.948. The molecule has 0 aliphatic heterocycles. The maximum Gasteiger partial charge on any atom is 0.251 e. The van der Waals surface area contributed by atoms with Gasteiger partial charge in [-0.25, -0.2) is 4.39 Å². The van der Waals surface area contributed by atoms with E-state index in [1.807, 2.05) is 6.92 Å². The first kappa shape index (κ1) is 12.1. The second-order valence-corrected chi connectivity index (χ2v) is 3.94. The van der Waals surface area contributed by atoms with Gasteiger partial charge in [0.05, 0.1) is 11.9 Å². The third-order valence-corrected chi connectivity index (χ3v) is 2.64. The molecule has 1 aromatic carbocycles. The molecular weight excluding hydrogens is 235 g/mol. The molecule has 2 aromatic rings. The normalized spacial score (nSPS) is 10.3. The number of anilines is 1. The number of aromatic nitrogens is 2. The number of nitrogens with two attached hydrogens (primary N) is 1. The van der Waals surface area contributed by atoms with Gasteiger partial charge in [0.2, 0.25) is 0 Å². The van der Waals surface area contributed by atoms with Crippen molar-refractivity contribution in [3.05, 3.63) is 47.0 Å². The van der Waals surface area contributed by atoms with Crippen LogP contribution in [0.25, 0.3) is 0 Å². The molecule has 0 radical (unpaired) electrons. The first-order valence-corrected chi connectivity index (χ1v) is 5.40. The van der Waals surface area contributed by atoms with Crippen molar-refractivity contribution < 1.29 is 9.18 Å². The minimum absolute atomic E-state index is 0.0252. The highest BCUT2D eigenvalue weighted by Gasteiger charge is 2.09. The van der Waals surface area contributed by atoms with E-state index >= 15 is 0 Å². The molecule has 0 atom stereocenters. The molecular formula is C12H13FN4O. The SMILES string of the molecule is Cc1[nH]ncc1CNC(=O)c1ccc(N)c(F)c1. The number of benzene rings is 1. The van der Waals surface area contributed by atoms with E-state index in [0.717, 1.165) is 17.3 Å². The minimum Gasteiger partial charge on any atom is -0.396 e. The standard InChI is InChI=1S/C12H13FN4O/c1-7-9(6-16-17-7)5-15-12(18)8-2-3-11(14)10(13)4-8/h2-4,6H,5,14H2,1H3,(H,15,18)(H,16,17). The van der Waals surface area contributed by atoms with Crippen LogP contribution in [0.2, 0.25) is 0 Å². The number of amides is 1. The fourth-order valence-corrected chi connectivity index (χ4v) is 1.50. The van der Waals surface area contributed by atoms with Gasteiger partial charge in [0.1, 0.15) is 5.82 Å². The first-order chi connectivity index (χ1) is 8.58. The van der Waals surface area contributed by atoms with E-state index in [1.165, 1.54) is 12.1 Å². The fraction of sp³-hybridized carbons (Fsp3) is 0.167. The van der Waals surface area contributed by atoms with Crippen LogP contribution in [0, 0.1) is 12.7 Å². The van der Waals surface area contributed by atoms with E-state index in [0.29, 0.717) is 6.54 Å². The highest BCUT2D eigenvalue weighted by atomic mass is 19.1. The monoisotopic (exact) mass is 248 g/mol. The van der Waals surface area contributed by atoms with Gasteiger partial charge in [-0.15, -0.1) is 0 Å². The van der Waals surface area contributed by atoms with Crippen LogP contribution in [-0.4, -0.2) is 16.1 Å². The average molecular weight is 248 g/mol. The van der Waals surface area contributed by atoms with Crippen molar-refractivity contribution in [1.29, 1.82) is 0 Å². The summed E-state index contributed by atoms with van der Waals surface area (Å²) in [5, 5.41) is 9.30. The highest BCUT2D eigenvalue weighted by molar-refractivity contribution is 5.94. The van der Waals surface area contributed by atoms with Gasteiger partial charge in [0, 0.05) is 23.4 Å². The van der Waals surface area contributed by atoms with Gasteiger partial charge in [-0.1, -0.05) is 0 Å². The second-order valence-electron chi connectivity index (χ2n) is 3.94. The Balaban J connectivity index is 2.04. The molecule has 6 heteroatoms. The lowest BCUT2D eigenvalue weighted by atomic mass is 10.2. The van der Waals surface area contributed by atoms with Crippen LogP contribution in [0.3, 0.4) is 0 Å². The summed E-state index contributed by atoms with van der Waals surface area (Å²) < 4.78 is 13.2. The van der Waals surface area contributed by atoms with Gasteiger partial charge >= 0.3 is 0 Å². The van der Waals surface area contributed by atoms with Crippen molar-refractivity contribution in [2.45, 2.75) is 13.5 Å². The number of H-pyrrole nitrogens is 1. The largest absolute Gasteiger partial charge is 0.396 e. The van der Waals surface area contributed by atoms with Crippen LogP contribution >= 0.6 is 0 Å². The third-order valence-electron chi connectivity index (χ3n) is 2.64. The predicted molar refractivity (Wildman–Crippen MR) is 65.3 cm³/mol. The van der Waals surface area contributed by atoms with Crippen molar-refractivity contribution in [1.82, 2.24) is 15.5 Å². The number of carbonyl (C=O) groups is 1. The minimum atomic E-state index is -0.595. The van der Waals surface area contributed by atoms with E-state index in [2.05, 4.69) is 15.5 Å². The van der Waals surface area contributed by atoms with Crippen molar-refractivity contribution >= 4 is 11.6 Å². The maximum absolute atomic E-state index is 13.2. The molecule has 94 valence electrons. The third kappa shape index (κ3) is 2.48. The van der Waals surface area contributed by atoms with E-state index < -0.39 is 5.82 Å². The second kappa shape index (κ2) is 4.87. The molecule has 0 aliphatic carbocycles. The number of carbonyl (C=O) groups excluding carboxylic acids is 1. The zero-order valence-corrected chi connectivity index (χ0v) is 9.83. The van der Waals surface area contributed by atoms with Gasteiger partial charge in [0.25, 0.3) is 5.91 Å². The van der Waals surface area contributed by atoms with Gasteiger partial charge in [-0.3, -0.25) is 9.89 Å². The summed E-state index contributed by atoms with van der Waals surface area (Å²) in [7, 11) is 0. The maximum atomic E-state index is 13.2. The molecule has 4 N–H and O–H groups in total. The quantitative estimate of drug-likeness (QED) is 0.717. The van der Waals surface area contributed by atoms with Crippen LogP contribution in [0.15, 0.2) is 24.4 Å². The number of hydrogen-bond donors (Lipinski definition) is 3. The van der Waals surface area contributed by atoms with Crippen molar-refractivity contribution in [3.63, 3.8) is 0 Å². The van der Waals surface area contributed by atoms with Crippen molar-refractivity contribution in [2.75, 3.05) is 5.73 Å². The number of nitrogens with one attached hydrogen (secondary N) is 2.